The molecule has 2 aromatic rings. The van der Waals surface area contributed by atoms with E-state index < -0.39 is 0 Å². The van der Waals surface area contributed by atoms with Gasteiger partial charge in [-0.15, -0.1) is 0 Å². The van der Waals surface area contributed by atoms with Crippen LogP contribution in [-0.2, 0) is 0 Å². The van der Waals surface area contributed by atoms with Crippen LogP contribution >= 0.6 is 11.8 Å². The van der Waals surface area contributed by atoms with Crippen LogP contribution in [0.4, 0.5) is 0 Å². The Morgan fingerprint density at radius 1 is 1.38 bits per heavy atom. The van der Waals surface area contributed by atoms with Crippen LogP contribution in [0.25, 0.3) is 11.1 Å². The lowest BCUT2D eigenvalue weighted by Gasteiger charge is -2.08. The molecular weight excluding hydrogens is 224 g/mol. The number of aliphatic hydroxyl groups is 1. The smallest absolute Gasteiger partial charge is 0.257 e. The van der Waals surface area contributed by atoms with Crippen molar-refractivity contribution >= 4 is 22.9 Å². The molecular formula is C11H12N2O2S. The van der Waals surface area contributed by atoms with E-state index in [2.05, 4.69) is 10.3 Å². The lowest BCUT2D eigenvalue weighted by atomic mass is 10.3. The summed E-state index contributed by atoms with van der Waals surface area (Å²) in [4.78, 5) is 4.37. The number of para-hydroxylation sites is 2. The lowest BCUT2D eigenvalue weighted by Crippen LogP contribution is -2.19. The van der Waals surface area contributed by atoms with Gasteiger partial charge < -0.3 is 14.8 Å². The Balaban J connectivity index is 1.83. The van der Waals surface area contributed by atoms with Crippen molar-refractivity contribution < 1.29 is 9.52 Å². The number of aromatic nitrogens is 1. The van der Waals surface area contributed by atoms with Gasteiger partial charge in [0.05, 0.1) is 11.4 Å². The molecule has 0 saturated carbocycles. The van der Waals surface area contributed by atoms with Gasteiger partial charge in [0, 0.05) is 13.1 Å². The zero-order valence-electron chi connectivity index (χ0n) is 8.59. The average Bonchev–Trinajstić information content (AvgIpc) is 2.85. The molecule has 3 rings (SSSR count). The van der Waals surface area contributed by atoms with Gasteiger partial charge in [0.1, 0.15) is 5.52 Å². The summed E-state index contributed by atoms with van der Waals surface area (Å²) in [5.41, 5.74) is 1.66. The minimum atomic E-state index is -0.319. The number of nitrogens with zero attached hydrogens (tertiary/aromatic N) is 1. The van der Waals surface area contributed by atoms with Crippen LogP contribution in [0.15, 0.2) is 33.9 Å². The third-order valence-corrected chi connectivity index (χ3v) is 3.81. The summed E-state index contributed by atoms with van der Waals surface area (Å²) in [5.74, 6) is 0. The van der Waals surface area contributed by atoms with Gasteiger partial charge in [-0.3, -0.25) is 0 Å². The third-order valence-electron chi connectivity index (χ3n) is 2.65. The minimum Gasteiger partial charge on any atom is -0.431 e. The number of hydrogen-bond donors (Lipinski definition) is 2. The van der Waals surface area contributed by atoms with Crippen molar-refractivity contribution in [3.63, 3.8) is 0 Å². The Kier molecular flexibility index (Phi) is 2.59. The van der Waals surface area contributed by atoms with Gasteiger partial charge in [0.2, 0.25) is 0 Å². The first kappa shape index (κ1) is 10.1. The SMILES string of the molecule is O[C@@H]1CNC[C@H]1Sc1nc2ccccc2o1. The predicted molar refractivity (Wildman–Crippen MR) is 62.5 cm³/mol. The normalized spacial score (nSPS) is 25.3. The molecule has 1 aromatic carbocycles. The van der Waals surface area contributed by atoms with E-state index in [9.17, 15) is 5.11 Å². The molecule has 0 unspecified atom stereocenters. The molecule has 2 N–H and O–H groups in total. The van der Waals surface area contributed by atoms with Crippen molar-refractivity contribution in [1.82, 2.24) is 10.3 Å². The fourth-order valence-corrected chi connectivity index (χ4v) is 2.79. The second-order valence-electron chi connectivity index (χ2n) is 3.83. The summed E-state index contributed by atoms with van der Waals surface area (Å²) in [6.07, 6.45) is -0.319. The molecule has 2 heterocycles. The Bertz CT molecular complexity index is 466. The van der Waals surface area contributed by atoms with Crippen molar-refractivity contribution in [2.45, 2.75) is 16.6 Å². The maximum absolute atomic E-state index is 9.67. The zero-order valence-corrected chi connectivity index (χ0v) is 9.41. The summed E-state index contributed by atoms with van der Waals surface area (Å²) < 4.78 is 5.59. The molecule has 0 aliphatic carbocycles. The van der Waals surface area contributed by atoms with Crippen LogP contribution < -0.4 is 5.32 Å². The van der Waals surface area contributed by atoms with Crippen LogP contribution in [0.2, 0.25) is 0 Å². The second kappa shape index (κ2) is 4.08. The van der Waals surface area contributed by atoms with Crippen LogP contribution in [-0.4, -0.2) is 34.5 Å². The number of hydrogen-bond acceptors (Lipinski definition) is 5. The maximum Gasteiger partial charge on any atom is 0.257 e. The van der Waals surface area contributed by atoms with Gasteiger partial charge in [-0.1, -0.05) is 23.9 Å². The first-order valence-electron chi connectivity index (χ1n) is 5.24. The third kappa shape index (κ3) is 1.81. The molecule has 2 atom stereocenters. The standard InChI is InChI=1S/C11H12N2O2S/c14-8-5-12-6-10(8)16-11-13-7-3-1-2-4-9(7)15-11/h1-4,8,10,12,14H,5-6H2/t8-,10-/m1/s1. The fourth-order valence-electron chi connectivity index (χ4n) is 1.79. The molecule has 1 fully saturated rings. The maximum atomic E-state index is 9.67. The summed E-state index contributed by atoms with van der Waals surface area (Å²) in [6, 6.07) is 7.68. The Labute approximate surface area is 97.0 Å². The molecule has 84 valence electrons. The van der Waals surface area contributed by atoms with Crippen molar-refractivity contribution in [1.29, 1.82) is 0 Å². The average molecular weight is 236 g/mol. The predicted octanol–water partition coefficient (Wildman–Crippen LogP) is 1.25. The summed E-state index contributed by atoms with van der Waals surface area (Å²) in [5, 5.41) is 13.6. The molecule has 16 heavy (non-hydrogen) atoms. The van der Waals surface area contributed by atoms with Crippen molar-refractivity contribution in [2.24, 2.45) is 0 Å². The molecule has 0 radical (unpaired) electrons. The highest BCUT2D eigenvalue weighted by Gasteiger charge is 2.27. The lowest BCUT2D eigenvalue weighted by molar-refractivity contribution is 0.200. The van der Waals surface area contributed by atoms with E-state index >= 15 is 0 Å². The number of fused-ring (bicyclic) bond motifs is 1. The monoisotopic (exact) mass is 236 g/mol. The molecule has 4 nitrogen and oxygen atoms in total. The van der Waals surface area contributed by atoms with Crippen LogP contribution in [0.5, 0.6) is 0 Å². The number of aliphatic hydroxyl groups excluding tert-OH is 1. The summed E-state index contributed by atoms with van der Waals surface area (Å²) in [6.45, 7) is 1.45. The summed E-state index contributed by atoms with van der Waals surface area (Å²) in [7, 11) is 0. The number of β-amino-alcohol motifs (C(OH)–C–C–N with tert-alkyl or cyclic N) is 1. The largest absolute Gasteiger partial charge is 0.431 e. The van der Waals surface area contributed by atoms with E-state index in [1.807, 2.05) is 24.3 Å². The van der Waals surface area contributed by atoms with Gasteiger partial charge in [-0.25, -0.2) is 4.98 Å². The molecule has 1 aromatic heterocycles. The number of rotatable bonds is 2. The number of nitrogens with one attached hydrogen (secondary N) is 1. The zero-order chi connectivity index (χ0) is 11.0. The van der Waals surface area contributed by atoms with Gasteiger partial charge in [-0.2, -0.15) is 0 Å². The number of oxazole rings is 1. The second-order valence-corrected chi connectivity index (χ2v) is 5.02. The van der Waals surface area contributed by atoms with Gasteiger partial charge in [0.15, 0.2) is 5.58 Å². The molecule has 1 saturated heterocycles. The van der Waals surface area contributed by atoms with Crippen molar-refractivity contribution in [3.8, 4) is 0 Å². The molecule has 1 aliphatic heterocycles. The fraction of sp³-hybridized carbons (Fsp3) is 0.364. The molecule has 1 aliphatic rings. The first-order chi connectivity index (χ1) is 7.83. The Morgan fingerprint density at radius 2 is 2.25 bits per heavy atom. The number of thioether (sulfide) groups is 1. The molecule has 0 bridgehead atoms. The van der Waals surface area contributed by atoms with E-state index in [0.29, 0.717) is 11.8 Å². The quantitative estimate of drug-likeness (QED) is 0.822. The molecule has 0 amide bonds. The molecule has 0 spiro atoms. The van der Waals surface area contributed by atoms with E-state index in [-0.39, 0.29) is 11.4 Å². The van der Waals surface area contributed by atoms with E-state index in [1.54, 1.807) is 0 Å². The van der Waals surface area contributed by atoms with E-state index in [1.165, 1.54) is 11.8 Å². The molecule has 5 heteroatoms. The Hall–Kier alpha value is -1.04. The summed E-state index contributed by atoms with van der Waals surface area (Å²) >= 11 is 1.49. The van der Waals surface area contributed by atoms with Crippen LogP contribution in [0, 0.1) is 0 Å². The van der Waals surface area contributed by atoms with Crippen molar-refractivity contribution in [2.75, 3.05) is 13.1 Å². The highest BCUT2D eigenvalue weighted by atomic mass is 32.2. The van der Waals surface area contributed by atoms with Crippen LogP contribution in [0.3, 0.4) is 0 Å². The van der Waals surface area contributed by atoms with Gasteiger partial charge in [0.25, 0.3) is 5.22 Å². The Morgan fingerprint density at radius 3 is 3.00 bits per heavy atom. The minimum absolute atomic E-state index is 0.132. The first-order valence-corrected chi connectivity index (χ1v) is 6.12. The van der Waals surface area contributed by atoms with E-state index in [4.69, 9.17) is 4.42 Å². The highest BCUT2D eigenvalue weighted by molar-refractivity contribution is 7.99. The number of benzene rings is 1. The van der Waals surface area contributed by atoms with E-state index in [0.717, 1.165) is 17.6 Å². The van der Waals surface area contributed by atoms with Gasteiger partial charge >= 0.3 is 0 Å². The van der Waals surface area contributed by atoms with Gasteiger partial charge in [-0.05, 0) is 12.1 Å². The van der Waals surface area contributed by atoms with Crippen molar-refractivity contribution in [3.05, 3.63) is 24.3 Å². The topological polar surface area (TPSA) is 58.3 Å². The van der Waals surface area contributed by atoms with Crippen LogP contribution in [0.1, 0.15) is 0 Å². The highest BCUT2D eigenvalue weighted by Crippen LogP contribution is 2.29.